The fourth-order valence-corrected chi connectivity index (χ4v) is 1.90. The van der Waals surface area contributed by atoms with Gasteiger partial charge in [-0.25, -0.2) is 4.98 Å². The van der Waals surface area contributed by atoms with Crippen LogP contribution in [0.1, 0.15) is 38.6 Å². The maximum Gasteiger partial charge on any atom is 0.189 e. The van der Waals surface area contributed by atoms with E-state index >= 15 is 0 Å². The summed E-state index contributed by atoms with van der Waals surface area (Å²) in [6, 6.07) is 0. The summed E-state index contributed by atoms with van der Waals surface area (Å²) in [5.74, 6) is 0.816. The Balaban J connectivity index is 0.00000256. The number of nitrogens with two attached hydrogens (primary N) is 1. The van der Waals surface area contributed by atoms with Crippen LogP contribution in [0.3, 0.4) is 0 Å². The Kier molecular flexibility index (Phi) is 6.99. The normalized spacial score (nSPS) is 14.0. The van der Waals surface area contributed by atoms with Crippen LogP contribution in [0.25, 0.3) is 0 Å². The Morgan fingerprint density at radius 1 is 1.59 bits per heavy atom. The number of hydrogen-bond acceptors (Lipinski definition) is 3. The molecule has 0 saturated carbocycles. The Bertz CT molecular complexity index is 343. The molecule has 0 aliphatic rings. The van der Waals surface area contributed by atoms with E-state index in [-0.39, 0.29) is 29.5 Å². The Hall–Kier alpha value is -0.370. The van der Waals surface area contributed by atoms with Crippen molar-refractivity contribution in [2.45, 2.75) is 39.2 Å². The third-order valence-corrected chi connectivity index (χ3v) is 2.92. The monoisotopic (exact) mass is 368 g/mol. The number of aliphatic imine (C=N–C) groups is 1. The van der Waals surface area contributed by atoms with Crippen LogP contribution < -0.4 is 11.1 Å². The molecule has 0 aliphatic heterocycles. The molecule has 98 valence electrons. The van der Waals surface area contributed by atoms with Crippen molar-refractivity contribution in [2.24, 2.45) is 10.7 Å². The van der Waals surface area contributed by atoms with Crippen LogP contribution in [0.15, 0.2) is 16.6 Å². The van der Waals surface area contributed by atoms with Crippen LogP contribution >= 0.6 is 35.3 Å². The predicted octanol–water partition coefficient (Wildman–Crippen LogP) is 2.57. The van der Waals surface area contributed by atoms with Gasteiger partial charge in [-0.3, -0.25) is 4.99 Å². The van der Waals surface area contributed by atoms with Crippen LogP contribution in [0.5, 0.6) is 0 Å². The largest absolute Gasteiger partial charge is 0.370 e. The third kappa shape index (κ3) is 6.82. The molecule has 4 nitrogen and oxygen atoms in total. The van der Waals surface area contributed by atoms with E-state index in [0.717, 1.165) is 5.01 Å². The molecule has 0 radical (unpaired) electrons. The minimum absolute atomic E-state index is 0. The van der Waals surface area contributed by atoms with Crippen LogP contribution in [0.4, 0.5) is 0 Å². The molecule has 1 unspecified atom stereocenters. The molecule has 0 saturated heterocycles. The van der Waals surface area contributed by atoms with Crippen molar-refractivity contribution in [3.8, 4) is 0 Å². The molecule has 1 aromatic rings. The van der Waals surface area contributed by atoms with Gasteiger partial charge in [-0.1, -0.05) is 6.92 Å². The molecular formula is C11H21IN4S. The van der Waals surface area contributed by atoms with Crippen molar-refractivity contribution in [3.05, 3.63) is 16.6 Å². The number of nitrogens with zero attached hydrogens (tertiary/aromatic N) is 2. The number of thiazole rings is 1. The molecule has 0 fully saturated rings. The van der Waals surface area contributed by atoms with Crippen LogP contribution in [0.2, 0.25) is 0 Å². The average Bonchev–Trinajstić information content (AvgIpc) is 2.64. The number of guanidine groups is 1. The number of nitrogens with one attached hydrogen (secondary N) is 1. The van der Waals surface area contributed by atoms with Crippen molar-refractivity contribution < 1.29 is 0 Å². The zero-order valence-corrected chi connectivity index (χ0v) is 13.9. The van der Waals surface area contributed by atoms with Crippen LogP contribution in [-0.4, -0.2) is 23.0 Å². The van der Waals surface area contributed by atoms with E-state index in [1.165, 1.54) is 0 Å². The van der Waals surface area contributed by atoms with E-state index in [1.54, 1.807) is 11.3 Å². The standard InChI is InChI=1S/C11H20N4S.HI/c1-8(9-13-5-6-16-9)7-14-10(12)15-11(2,3)4;/h5-6,8H,7H2,1-4H3,(H3,12,14,15);1H. The molecule has 0 bridgehead atoms. The van der Waals surface area contributed by atoms with Crippen molar-refractivity contribution >= 4 is 41.3 Å². The first kappa shape index (κ1) is 16.6. The van der Waals surface area contributed by atoms with Gasteiger partial charge in [0.15, 0.2) is 5.96 Å². The van der Waals surface area contributed by atoms with Gasteiger partial charge in [0.25, 0.3) is 0 Å². The van der Waals surface area contributed by atoms with Gasteiger partial charge in [-0.15, -0.1) is 35.3 Å². The summed E-state index contributed by atoms with van der Waals surface area (Å²) in [6.45, 7) is 8.94. The quantitative estimate of drug-likeness (QED) is 0.490. The molecule has 0 aliphatic carbocycles. The smallest absolute Gasteiger partial charge is 0.189 e. The first-order valence-corrected chi connectivity index (χ1v) is 6.24. The summed E-state index contributed by atoms with van der Waals surface area (Å²) in [5.41, 5.74) is 5.74. The van der Waals surface area contributed by atoms with E-state index in [4.69, 9.17) is 5.73 Å². The molecular weight excluding hydrogens is 347 g/mol. The minimum Gasteiger partial charge on any atom is -0.370 e. The summed E-state index contributed by atoms with van der Waals surface area (Å²) in [4.78, 5) is 8.57. The van der Waals surface area contributed by atoms with Gasteiger partial charge in [-0.2, -0.15) is 0 Å². The fraction of sp³-hybridized carbons (Fsp3) is 0.636. The van der Waals surface area contributed by atoms with Crippen molar-refractivity contribution in [1.82, 2.24) is 10.3 Å². The number of rotatable bonds is 3. The Morgan fingerprint density at radius 2 is 2.24 bits per heavy atom. The number of aromatic nitrogens is 1. The SMILES string of the molecule is CC(CN=C(N)NC(C)(C)C)c1nccs1.I. The molecule has 1 atom stereocenters. The second-order valence-electron chi connectivity index (χ2n) is 4.87. The Labute approximate surface area is 124 Å². The zero-order valence-electron chi connectivity index (χ0n) is 10.7. The molecule has 0 aromatic carbocycles. The number of hydrogen-bond donors (Lipinski definition) is 2. The maximum atomic E-state index is 5.78. The lowest BCUT2D eigenvalue weighted by Crippen LogP contribution is -2.45. The zero-order chi connectivity index (χ0) is 12.2. The van der Waals surface area contributed by atoms with Gasteiger partial charge in [0.2, 0.25) is 0 Å². The van der Waals surface area contributed by atoms with Gasteiger partial charge in [0.1, 0.15) is 0 Å². The van der Waals surface area contributed by atoms with E-state index in [9.17, 15) is 0 Å². The van der Waals surface area contributed by atoms with Crippen molar-refractivity contribution in [3.63, 3.8) is 0 Å². The van der Waals surface area contributed by atoms with Gasteiger partial charge >= 0.3 is 0 Å². The lowest BCUT2D eigenvalue weighted by Gasteiger charge is -2.21. The summed E-state index contributed by atoms with van der Waals surface area (Å²) >= 11 is 1.65. The van der Waals surface area contributed by atoms with Crippen molar-refractivity contribution in [2.75, 3.05) is 6.54 Å². The number of halogens is 1. The second-order valence-corrected chi connectivity index (χ2v) is 5.80. The molecule has 1 heterocycles. The third-order valence-electron chi connectivity index (χ3n) is 1.91. The average molecular weight is 368 g/mol. The summed E-state index contributed by atoms with van der Waals surface area (Å²) < 4.78 is 0. The molecule has 0 amide bonds. The summed E-state index contributed by atoms with van der Waals surface area (Å²) in [5, 5.41) is 6.21. The molecule has 3 N–H and O–H groups in total. The van der Waals surface area contributed by atoms with Crippen molar-refractivity contribution in [1.29, 1.82) is 0 Å². The van der Waals surface area contributed by atoms with E-state index < -0.39 is 0 Å². The topological polar surface area (TPSA) is 63.3 Å². The highest BCUT2D eigenvalue weighted by Gasteiger charge is 2.11. The summed E-state index contributed by atoms with van der Waals surface area (Å²) in [7, 11) is 0. The maximum absolute atomic E-state index is 5.78. The first-order chi connectivity index (χ1) is 7.38. The van der Waals surface area contributed by atoms with Gasteiger partial charge in [0, 0.05) is 23.0 Å². The molecule has 0 spiro atoms. The highest BCUT2D eigenvalue weighted by molar-refractivity contribution is 14.0. The molecule has 17 heavy (non-hydrogen) atoms. The molecule has 6 heteroatoms. The fourth-order valence-electron chi connectivity index (χ4n) is 1.21. The van der Waals surface area contributed by atoms with Crippen LogP contribution in [-0.2, 0) is 0 Å². The predicted molar refractivity (Wildman–Crippen MR) is 85.3 cm³/mol. The molecule has 1 rings (SSSR count). The molecule has 1 aromatic heterocycles. The lowest BCUT2D eigenvalue weighted by atomic mass is 10.1. The van der Waals surface area contributed by atoms with E-state index in [2.05, 4.69) is 43.0 Å². The van der Waals surface area contributed by atoms with E-state index in [1.807, 2.05) is 11.6 Å². The highest BCUT2D eigenvalue weighted by atomic mass is 127. The lowest BCUT2D eigenvalue weighted by molar-refractivity contribution is 0.507. The van der Waals surface area contributed by atoms with Crippen LogP contribution in [0, 0.1) is 0 Å². The highest BCUT2D eigenvalue weighted by Crippen LogP contribution is 2.17. The summed E-state index contributed by atoms with van der Waals surface area (Å²) in [6.07, 6.45) is 1.82. The second kappa shape index (κ2) is 7.15. The minimum atomic E-state index is -0.0436. The van der Waals surface area contributed by atoms with Gasteiger partial charge in [0.05, 0.1) is 11.6 Å². The van der Waals surface area contributed by atoms with Gasteiger partial charge < -0.3 is 11.1 Å². The van der Waals surface area contributed by atoms with Gasteiger partial charge in [-0.05, 0) is 20.8 Å². The first-order valence-electron chi connectivity index (χ1n) is 5.36. The van der Waals surface area contributed by atoms with E-state index in [0.29, 0.717) is 18.4 Å². The Morgan fingerprint density at radius 3 is 2.71 bits per heavy atom.